The molecule has 1 aromatic carbocycles. The lowest BCUT2D eigenvalue weighted by molar-refractivity contribution is 0.477. The summed E-state index contributed by atoms with van der Waals surface area (Å²) in [5, 5.41) is 3.66. The van der Waals surface area contributed by atoms with Gasteiger partial charge in [0, 0.05) is 22.9 Å². The van der Waals surface area contributed by atoms with Crippen molar-refractivity contribution in [3.63, 3.8) is 0 Å². The first-order valence-corrected chi connectivity index (χ1v) is 8.44. The van der Waals surface area contributed by atoms with E-state index >= 15 is 0 Å². The largest absolute Gasteiger partial charge is 0.314 e. The third kappa shape index (κ3) is 5.98. The van der Waals surface area contributed by atoms with Crippen molar-refractivity contribution >= 4 is 15.9 Å². The highest BCUT2D eigenvalue weighted by Crippen LogP contribution is 2.14. The first-order valence-electron chi connectivity index (χ1n) is 7.64. The number of rotatable bonds is 8. The van der Waals surface area contributed by atoms with Gasteiger partial charge in [0.05, 0.1) is 0 Å². The third-order valence-corrected chi connectivity index (χ3v) is 3.98. The number of aryl methyl sites for hydroxylation is 1. The van der Waals surface area contributed by atoms with Gasteiger partial charge in [-0.15, -0.1) is 0 Å². The summed E-state index contributed by atoms with van der Waals surface area (Å²) in [6.45, 7) is 3.28. The second kappa shape index (κ2) is 8.96. The maximum Gasteiger partial charge on any atom is 0.0410 e. The topological polar surface area (TPSA) is 24.9 Å². The van der Waals surface area contributed by atoms with E-state index < -0.39 is 0 Å². The fraction of sp³-hybridized carbons (Fsp3) is 0.389. The summed E-state index contributed by atoms with van der Waals surface area (Å²) in [5.74, 6) is 0. The molecule has 0 spiro atoms. The second-order valence-corrected chi connectivity index (χ2v) is 6.31. The summed E-state index contributed by atoms with van der Waals surface area (Å²) in [4.78, 5) is 4.26. The Labute approximate surface area is 136 Å². The smallest absolute Gasteiger partial charge is 0.0410 e. The van der Waals surface area contributed by atoms with Crippen molar-refractivity contribution in [3.8, 4) is 0 Å². The summed E-state index contributed by atoms with van der Waals surface area (Å²) in [6, 6.07) is 13.4. The van der Waals surface area contributed by atoms with E-state index in [0.29, 0.717) is 6.04 Å². The Hall–Kier alpha value is -1.19. The molecule has 0 aliphatic carbocycles. The molecule has 112 valence electrons. The molecule has 0 amide bonds. The average molecular weight is 347 g/mol. The van der Waals surface area contributed by atoms with Crippen LogP contribution in [0.3, 0.4) is 0 Å². The van der Waals surface area contributed by atoms with Crippen LogP contribution in [0.5, 0.6) is 0 Å². The fourth-order valence-electron chi connectivity index (χ4n) is 2.46. The zero-order chi connectivity index (χ0) is 14.9. The Kier molecular flexibility index (Phi) is 6.90. The molecule has 1 aromatic heterocycles. The molecule has 3 heteroatoms. The number of hydrogen-bond acceptors (Lipinski definition) is 2. The van der Waals surface area contributed by atoms with Crippen LogP contribution in [-0.4, -0.2) is 17.6 Å². The fourth-order valence-corrected chi connectivity index (χ4v) is 2.87. The van der Waals surface area contributed by atoms with Crippen LogP contribution < -0.4 is 5.32 Å². The minimum absolute atomic E-state index is 0.501. The van der Waals surface area contributed by atoms with E-state index in [-0.39, 0.29) is 0 Å². The highest BCUT2D eigenvalue weighted by atomic mass is 79.9. The van der Waals surface area contributed by atoms with Gasteiger partial charge in [-0.25, -0.2) is 0 Å². The highest BCUT2D eigenvalue weighted by molar-refractivity contribution is 9.10. The van der Waals surface area contributed by atoms with E-state index in [4.69, 9.17) is 0 Å². The SMILES string of the molecule is CCCNC(CCc1ccccc1)Cc1cncc(Br)c1. The first-order chi connectivity index (χ1) is 10.3. The number of aromatic nitrogens is 1. The van der Waals surface area contributed by atoms with Crippen LogP contribution in [-0.2, 0) is 12.8 Å². The van der Waals surface area contributed by atoms with Crippen molar-refractivity contribution < 1.29 is 0 Å². The van der Waals surface area contributed by atoms with Crippen LogP contribution in [0, 0.1) is 0 Å². The Bertz CT molecular complexity index is 528. The summed E-state index contributed by atoms with van der Waals surface area (Å²) >= 11 is 3.50. The molecule has 1 N–H and O–H groups in total. The molecule has 0 radical (unpaired) electrons. The molecule has 0 saturated carbocycles. The van der Waals surface area contributed by atoms with Crippen LogP contribution in [0.25, 0.3) is 0 Å². The lowest BCUT2D eigenvalue weighted by atomic mass is 10.00. The average Bonchev–Trinajstić information content (AvgIpc) is 2.51. The summed E-state index contributed by atoms with van der Waals surface area (Å²) in [7, 11) is 0. The standard InChI is InChI=1S/C18H23BrN2/c1-2-10-21-18(9-8-15-6-4-3-5-7-15)12-16-11-17(19)14-20-13-16/h3-7,11,13-14,18,21H,2,8-10,12H2,1H3. The van der Waals surface area contributed by atoms with E-state index in [0.717, 1.165) is 30.3 Å². The van der Waals surface area contributed by atoms with Crippen LogP contribution in [0.1, 0.15) is 30.9 Å². The number of pyridine rings is 1. The quantitative estimate of drug-likeness (QED) is 0.766. The molecule has 0 aliphatic heterocycles. The lowest BCUT2D eigenvalue weighted by Gasteiger charge is -2.18. The molecular formula is C18H23BrN2. The molecule has 21 heavy (non-hydrogen) atoms. The van der Waals surface area contributed by atoms with Crippen molar-refractivity contribution in [2.24, 2.45) is 0 Å². The van der Waals surface area contributed by atoms with Gasteiger partial charge in [-0.05, 0) is 65.4 Å². The van der Waals surface area contributed by atoms with Gasteiger partial charge in [0.1, 0.15) is 0 Å². The third-order valence-electron chi connectivity index (χ3n) is 3.55. The minimum Gasteiger partial charge on any atom is -0.314 e. The van der Waals surface area contributed by atoms with Crippen molar-refractivity contribution in [2.45, 2.75) is 38.6 Å². The van der Waals surface area contributed by atoms with Gasteiger partial charge >= 0.3 is 0 Å². The van der Waals surface area contributed by atoms with E-state index in [2.05, 4.69) is 69.6 Å². The predicted octanol–water partition coefficient (Wildman–Crippen LogP) is 4.39. The Morgan fingerprint density at radius 2 is 1.95 bits per heavy atom. The maximum absolute atomic E-state index is 4.26. The molecular weight excluding hydrogens is 324 g/mol. The zero-order valence-corrected chi connectivity index (χ0v) is 14.1. The molecule has 1 atom stereocenters. The normalized spacial score (nSPS) is 12.3. The number of benzene rings is 1. The van der Waals surface area contributed by atoms with E-state index in [1.165, 1.54) is 17.5 Å². The Morgan fingerprint density at radius 1 is 1.14 bits per heavy atom. The van der Waals surface area contributed by atoms with Crippen molar-refractivity contribution in [3.05, 3.63) is 64.4 Å². The van der Waals surface area contributed by atoms with Gasteiger partial charge in [0.25, 0.3) is 0 Å². The monoisotopic (exact) mass is 346 g/mol. The van der Waals surface area contributed by atoms with E-state index in [1.54, 1.807) is 0 Å². The molecule has 1 unspecified atom stereocenters. The van der Waals surface area contributed by atoms with Crippen LogP contribution in [0.15, 0.2) is 53.3 Å². The molecule has 2 aromatic rings. The Balaban J connectivity index is 1.94. The number of nitrogens with one attached hydrogen (secondary N) is 1. The molecule has 0 bridgehead atoms. The highest BCUT2D eigenvalue weighted by Gasteiger charge is 2.09. The first kappa shape index (κ1) is 16.2. The molecule has 1 heterocycles. The summed E-state index contributed by atoms with van der Waals surface area (Å²) < 4.78 is 1.05. The Morgan fingerprint density at radius 3 is 2.67 bits per heavy atom. The van der Waals surface area contributed by atoms with Gasteiger partial charge in [-0.1, -0.05) is 37.3 Å². The van der Waals surface area contributed by atoms with Crippen molar-refractivity contribution in [1.82, 2.24) is 10.3 Å². The van der Waals surface area contributed by atoms with Gasteiger partial charge < -0.3 is 5.32 Å². The minimum atomic E-state index is 0.501. The number of hydrogen-bond donors (Lipinski definition) is 1. The summed E-state index contributed by atoms with van der Waals surface area (Å²) in [5.41, 5.74) is 2.69. The lowest BCUT2D eigenvalue weighted by Crippen LogP contribution is -2.32. The van der Waals surface area contributed by atoms with Gasteiger partial charge in [0.15, 0.2) is 0 Å². The van der Waals surface area contributed by atoms with Crippen LogP contribution in [0.2, 0.25) is 0 Å². The van der Waals surface area contributed by atoms with E-state index in [1.807, 2.05) is 12.4 Å². The zero-order valence-electron chi connectivity index (χ0n) is 12.6. The van der Waals surface area contributed by atoms with Crippen molar-refractivity contribution in [2.75, 3.05) is 6.54 Å². The molecule has 2 nitrogen and oxygen atoms in total. The molecule has 0 fully saturated rings. The molecule has 2 rings (SSSR count). The second-order valence-electron chi connectivity index (χ2n) is 5.39. The predicted molar refractivity (Wildman–Crippen MR) is 92.5 cm³/mol. The van der Waals surface area contributed by atoms with Crippen LogP contribution >= 0.6 is 15.9 Å². The van der Waals surface area contributed by atoms with Crippen LogP contribution in [0.4, 0.5) is 0 Å². The molecule has 0 aliphatic rings. The maximum atomic E-state index is 4.26. The van der Waals surface area contributed by atoms with Crippen molar-refractivity contribution in [1.29, 1.82) is 0 Å². The van der Waals surface area contributed by atoms with E-state index in [9.17, 15) is 0 Å². The number of halogens is 1. The number of nitrogens with zero attached hydrogens (tertiary/aromatic N) is 1. The summed E-state index contributed by atoms with van der Waals surface area (Å²) in [6.07, 6.45) is 8.26. The molecule has 0 saturated heterocycles. The van der Waals surface area contributed by atoms with Gasteiger partial charge in [-0.3, -0.25) is 4.98 Å². The van der Waals surface area contributed by atoms with Gasteiger partial charge in [-0.2, -0.15) is 0 Å². The van der Waals surface area contributed by atoms with Gasteiger partial charge in [0.2, 0.25) is 0 Å².